The minimum absolute atomic E-state index is 0.120. The number of halogens is 5. The topological polar surface area (TPSA) is 203 Å². The summed E-state index contributed by atoms with van der Waals surface area (Å²) in [7, 11) is -1.55. The van der Waals surface area contributed by atoms with Gasteiger partial charge in [-0.25, -0.2) is 29.5 Å². The first kappa shape index (κ1) is 42.9. The Balaban J connectivity index is 0.000000193. The van der Waals surface area contributed by atoms with Gasteiger partial charge in [0.1, 0.15) is 5.15 Å². The first-order valence-electron chi connectivity index (χ1n) is 16.7. The normalized spacial score (nSPS) is 12.6. The van der Waals surface area contributed by atoms with Crippen LogP contribution in [0.1, 0.15) is 61.3 Å². The predicted octanol–water partition coefficient (Wildman–Crippen LogP) is 6.49. The van der Waals surface area contributed by atoms with Gasteiger partial charge < -0.3 is 31.0 Å². The number of ether oxygens (including phenoxy) is 2. The number of carbonyl (C=O) groups excluding carboxylic acids is 2. The third-order valence-corrected chi connectivity index (χ3v) is 9.85. The van der Waals surface area contributed by atoms with Crippen LogP contribution in [0.25, 0.3) is 11.3 Å². The van der Waals surface area contributed by atoms with Crippen molar-refractivity contribution in [1.82, 2.24) is 29.7 Å². The van der Waals surface area contributed by atoms with Gasteiger partial charge in [0, 0.05) is 37.2 Å². The first-order valence-corrected chi connectivity index (χ1v) is 18.6. The van der Waals surface area contributed by atoms with Crippen LogP contribution < -0.4 is 16.9 Å². The van der Waals surface area contributed by atoms with Crippen molar-refractivity contribution in [1.29, 1.82) is 0 Å². The molecule has 6 rings (SSSR count). The number of anilines is 2. The van der Waals surface area contributed by atoms with E-state index in [9.17, 15) is 9.59 Å². The van der Waals surface area contributed by atoms with Crippen molar-refractivity contribution in [2.24, 2.45) is 0 Å². The van der Waals surface area contributed by atoms with E-state index in [-0.39, 0.29) is 29.1 Å². The van der Waals surface area contributed by atoms with Crippen molar-refractivity contribution in [2.45, 2.75) is 66.7 Å². The molecule has 2 aliphatic heterocycles. The highest BCUT2D eigenvalue weighted by molar-refractivity contribution is 6.63. The molecule has 2 aromatic carbocycles. The molecule has 4 heterocycles. The van der Waals surface area contributed by atoms with Crippen molar-refractivity contribution < 1.29 is 29.1 Å². The number of nitrogens with zero attached hydrogens (tertiary/aromatic N) is 6. The lowest BCUT2D eigenvalue weighted by Gasteiger charge is -2.14. The Morgan fingerprint density at radius 1 is 0.685 bits per heavy atom. The number of nitrogen functional groups attached to an aromatic ring is 2. The smallest absolute Gasteiger partial charge is 0.450 e. The van der Waals surface area contributed by atoms with Crippen LogP contribution in [-0.2, 0) is 48.5 Å². The molecule has 0 spiro atoms. The van der Waals surface area contributed by atoms with Crippen LogP contribution in [0.2, 0.25) is 25.2 Å². The quantitative estimate of drug-likeness (QED) is 0.122. The maximum absolute atomic E-state index is 12.0. The summed E-state index contributed by atoms with van der Waals surface area (Å²) in [6.07, 6.45) is 0.729. The maximum atomic E-state index is 12.0. The van der Waals surface area contributed by atoms with Gasteiger partial charge in [-0.15, -0.1) is 0 Å². The molecule has 54 heavy (non-hydrogen) atoms. The van der Waals surface area contributed by atoms with E-state index in [1.165, 1.54) is 11.0 Å². The van der Waals surface area contributed by atoms with Crippen molar-refractivity contribution in [2.75, 3.05) is 24.7 Å². The van der Waals surface area contributed by atoms with Gasteiger partial charge >= 0.3 is 19.3 Å². The van der Waals surface area contributed by atoms with Crippen LogP contribution >= 0.6 is 58.0 Å². The molecule has 0 bridgehead atoms. The number of nitrogens with two attached hydrogens (primary N) is 2. The predicted molar refractivity (Wildman–Crippen MR) is 211 cm³/mol. The summed E-state index contributed by atoms with van der Waals surface area (Å²) in [6, 6.07) is 6.76. The number of carbonyl (C=O) groups is 2. The molecular weight excluding hydrogens is 805 g/mol. The molecule has 0 aliphatic carbocycles. The number of rotatable bonds is 6. The summed E-state index contributed by atoms with van der Waals surface area (Å²) in [6.45, 7) is 9.54. The van der Waals surface area contributed by atoms with Gasteiger partial charge in [0.15, 0.2) is 0 Å². The number of amides is 2. The monoisotopic (exact) mass is 840 g/mol. The highest BCUT2D eigenvalue weighted by Crippen LogP contribution is 2.37. The summed E-state index contributed by atoms with van der Waals surface area (Å²) in [5.41, 5.74) is 17.8. The van der Waals surface area contributed by atoms with Crippen molar-refractivity contribution in [3.8, 4) is 11.3 Å². The van der Waals surface area contributed by atoms with E-state index in [4.69, 9.17) is 89.0 Å². The van der Waals surface area contributed by atoms with Gasteiger partial charge in [-0.2, -0.15) is 0 Å². The number of hydrogen-bond acceptors (Lipinski definition) is 12. The van der Waals surface area contributed by atoms with Gasteiger partial charge in [0.2, 0.25) is 11.9 Å². The van der Waals surface area contributed by atoms with Crippen LogP contribution in [-0.4, -0.2) is 72.3 Å². The first-order chi connectivity index (χ1) is 25.6. The zero-order chi connectivity index (χ0) is 39.9. The van der Waals surface area contributed by atoms with Crippen molar-refractivity contribution >= 4 is 94.7 Å². The molecule has 2 amide bonds. The second-order valence-corrected chi connectivity index (χ2v) is 13.7. The SMILES string of the molecule is CCOC(=O)N1Cc2nc(N)nc(-c3cc(CC)c(Cl)cc3Cl)c2C1.CCOC(=O)N1Cc2nc(N)nc(Cl)c2C1.CCc1cc(B(O)O)c(Cl)cc1Cl. The molecule has 0 fully saturated rings. The van der Waals surface area contributed by atoms with Crippen LogP contribution in [0.15, 0.2) is 24.3 Å². The van der Waals surface area contributed by atoms with Gasteiger partial charge in [-0.05, 0) is 56.0 Å². The molecule has 6 N–H and O–H groups in total. The number of aromatic nitrogens is 4. The average molecular weight is 843 g/mol. The fourth-order valence-electron chi connectivity index (χ4n) is 5.55. The molecule has 0 radical (unpaired) electrons. The standard InChI is InChI=1S/C17H18Cl2N4O2.C9H11ClN4O2.C8H9BCl2O2/c1-3-9-5-10(13(19)6-12(9)18)15-11-7-23(17(24)25-4-2)8-14(11)21-16(20)22-15;1-2-16-9(15)14-3-5-6(4-14)12-8(11)13-7(5)10;1-2-5-3-6(9(12)13)8(11)4-7(5)10/h5-6H,3-4,7-8H2,1-2H3,(H2,20,21,22);2-4H2,1H3,(H2,11,12,13);3-4,12-13H,2H2,1H3. The number of benzene rings is 2. The fraction of sp³-hybridized carbons (Fsp3) is 0.353. The van der Waals surface area contributed by atoms with Gasteiger partial charge in [-0.3, -0.25) is 9.80 Å². The molecule has 0 atom stereocenters. The second kappa shape index (κ2) is 19.2. The molecule has 14 nitrogen and oxygen atoms in total. The highest BCUT2D eigenvalue weighted by atomic mass is 35.5. The Morgan fingerprint density at radius 3 is 1.69 bits per heavy atom. The molecule has 4 aromatic rings. The van der Waals surface area contributed by atoms with Gasteiger partial charge in [0.05, 0.1) is 61.5 Å². The molecule has 0 saturated carbocycles. The Morgan fingerprint density at radius 2 is 1.17 bits per heavy atom. The maximum Gasteiger partial charge on any atom is 0.489 e. The molecule has 288 valence electrons. The number of aryl methyl sites for hydroxylation is 2. The van der Waals surface area contributed by atoms with E-state index in [0.29, 0.717) is 82.2 Å². The van der Waals surface area contributed by atoms with E-state index < -0.39 is 7.12 Å². The molecule has 0 unspecified atom stereocenters. The van der Waals surface area contributed by atoms with Crippen LogP contribution in [0.5, 0.6) is 0 Å². The van der Waals surface area contributed by atoms with Crippen LogP contribution in [0.3, 0.4) is 0 Å². The van der Waals surface area contributed by atoms with E-state index in [1.807, 2.05) is 19.9 Å². The summed E-state index contributed by atoms with van der Waals surface area (Å²) in [5, 5.41) is 20.1. The van der Waals surface area contributed by atoms with Crippen molar-refractivity contribution in [3.05, 3.63) is 83.2 Å². The molecular formula is C34H38BCl5N8O6. The van der Waals surface area contributed by atoms with Crippen molar-refractivity contribution in [3.63, 3.8) is 0 Å². The summed E-state index contributed by atoms with van der Waals surface area (Å²) in [4.78, 5) is 43.1. The number of hydrogen-bond donors (Lipinski definition) is 4. The molecule has 2 aromatic heterocycles. The Hall–Kier alpha value is -3.83. The lowest BCUT2D eigenvalue weighted by Crippen LogP contribution is -2.31. The Labute approximate surface area is 337 Å². The van der Waals surface area contributed by atoms with Crippen LogP contribution in [0, 0.1) is 0 Å². The number of fused-ring (bicyclic) bond motifs is 2. The van der Waals surface area contributed by atoms with Gasteiger partial charge in [0.25, 0.3) is 0 Å². The molecule has 20 heteroatoms. The van der Waals surface area contributed by atoms with E-state index in [0.717, 1.165) is 40.7 Å². The molecule has 2 aliphatic rings. The van der Waals surface area contributed by atoms with E-state index >= 15 is 0 Å². The minimum Gasteiger partial charge on any atom is -0.450 e. The average Bonchev–Trinajstić information content (AvgIpc) is 3.74. The molecule has 0 saturated heterocycles. The Bertz CT molecular complexity index is 2030. The largest absolute Gasteiger partial charge is 0.489 e. The zero-order valence-electron chi connectivity index (χ0n) is 29.8. The summed E-state index contributed by atoms with van der Waals surface area (Å²) >= 11 is 30.2. The van der Waals surface area contributed by atoms with E-state index in [2.05, 4.69) is 19.9 Å². The Kier molecular flexibility index (Phi) is 15.2. The fourth-order valence-corrected chi connectivity index (χ4v) is 7.02. The van der Waals surface area contributed by atoms with Gasteiger partial charge in [-0.1, -0.05) is 77.9 Å². The van der Waals surface area contributed by atoms with Crippen LogP contribution in [0.4, 0.5) is 21.5 Å². The third kappa shape index (κ3) is 10.3. The summed E-state index contributed by atoms with van der Waals surface area (Å²) < 4.78 is 9.96. The zero-order valence-corrected chi connectivity index (χ0v) is 33.6. The third-order valence-electron chi connectivity index (χ3n) is 8.20. The minimum atomic E-state index is -1.55. The lowest BCUT2D eigenvalue weighted by atomic mass is 9.79. The second-order valence-electron chi connectivity index (χ2n) is 11.7. The highest BCUT2D eigenvalue weighted by Gasteiger charge is 2.31. The lowest BCUT2D eigenvalue weighted by molar-refractivity contribution is 0.106. The summed E-state index contributed by atoms with van der Waals surface area (Å²) in [5.74, 6) is 0.262. The van der Waals surface area contributed by atoms with E-state index in [1.54, 1.807) is 30.9 Å².